The SMILES string of the molecule is CC(C)(O)c1cccc(O)c1O. The van der Waals surface area contributed by atoms with Crippen LogP contribution in [0.2, 0.25) is 0 Å². The van der Waals surface area contributed by atoms with Gasteiger partial charge in [-0.25, -0.2) is 0 Å². The van der Waals surface area contributed by atoms with Gasteiger partial charge in [-0.3, -0.25) is 0 Å². The number of hydrogen-bond donors (Lipinski definition) is 3. The van der Waals surface area contributed by atoms with Crippen molar-refractivity contribution in [3.63, 3.8) is 0 Å². The predicted octanol–water partition coefficient (Wildman–Crippen LogP) is 1.33. The average Bonchev–Trinajstić information content (AvgIpc) is 1.92. The first-order valence-electron chi connectivity index (χ1n) is 3.66. The molecular formula is C9H12O3. The number of benzene rings is 1. The first-order chi connectivity index (χ1) is 5.43. The Morgan fingerprint density at radius 3 is 2.17 bits per heavy atom. The summed E-state index contributed by atoms with van der Waals surface area (Å²) in [6.07, 6.45) is 0. The number of aromatic hydroxyl groups is 2. The van der Waals surface area contributed by atoms with Gasteiger partial charge in [0.25, 0.3) is 0 Å². The van der Waals surface area contributed by atoms with E-state index in [9.17, 15) is 10.2 Å². The van der Waals surface area contributed by atoms with E-state index in [2.05, 4.69) is 0 Å². The zero-order chi connectivity index (χ0) is 9.35. The smallest absolute Gasteiger partial charge is 0.163 e. The van der Waals surface area contributed by atoms with Crippen LogP contribution < -0.4 is 0 Å². The van der Waals surface area contributed by atoms with Crippen LogP contribution in [0.3, 0.4) is 0 Å². The molecule has 0 amide bonds. The largest absolute Gasteiger partial charge is 0.504 e. The van der Waals surface area contributed by atoms with E-state index in [1.165, 1.54) is 6.07 Å². The van der Waals surface area contributed by atoms with E-state index in [1.54, 1.807) is 26.0 Å². The van der Waals surface area contributed by atoms with Crippen LogP contribution in [0.5, 0.6) is 11.5 Å². The second-order valence-corrected chi connectivity index (χ2v) is 3.23. The quantitative estimate of drug-likeness (QED) is 0.554. The van der Waals surface area contributed by atoms with Gasteiger partial charge in [0, 0.05) is 5.56 Å². The third kappa shape index (κ3) is 1.51. The topological polar surface area (TPSA) is 60.7 Å². The van der Waals surface area contributed by atoms with Gasteiger partial charge in [0.05, 0.1) is 5.60 Å². The summed E-state index contributed by atoms with van der Waals surface area (Å²) in [5.74, 6) is -0.473. The molecule has 0 atom stereocenters. The summed E-state index contributed by atoms with van der Waals surface area (Å²) in [6, 6.07) is 4.50. The second-order valence-electron chi connectivity index (χ2n) is 3.23. The molecule has 0 bridgehead atoms. The zero-order valence-electron chi connectivity index (χ0n) is 7.07. The number of hydrogen-bond acceptors (Lipinski definition) is 3. The molecule has 3 heteroatoms. The fourth-order valence-electron chi connectivity index (χ4n) is 1.03. The number of rotatable bonds is 1. The van der Waals surface area contributed by atoms with E-state index >= 15 is 0 Å². The molecule has 1 aromatic carbocycles. The van der Waals surface area contributed by atoms with Gasteiger partial charge in [-0.15, -0.1) is 0 Å². The molecule has 0 saturated carbocycles. The molecule has 0 fully saturated rings. The minimum Gasteiger partial charge on any atom is -0.504 e. The number of aliphatic hydroxyl groups is 1. The lowest BCUT2D eigenvalue weighted by Crippen LogP contribution is -2.15. The van der Waals surface area contributed by atoms with E-state index < -0.39 is 5.60 Å². The molecule has 0 radical (unpaired) electrons. The standard InChI is InChI=1S/C9H12O3/c1-9(2,12)6-4-3-5-7(10)8(6)11/h3-5,10-12H,1-2H3. The van der Waals surface area contributed by atoms with Gasteiger partial charge in [-0.2, -0.15) is 0 Å². The molecule has 1 rings (SSSR count). The molecule has 12 heavy (non-hydrogen) atoms. The highest BCUT2D eigenvalue weighted by atomic mass is 16.3. The molecule has 0 aliphatic heterocycles. The van der Waals surface area contributed by atoms with Crippen LogP contribution in [-0.2, 0) is 5.60 Å². The van der Waals surface area contributed by atoms with Crippen LogP contribution in [0.1, 0.15) is 19.4 Å². The molecule has 0 saturated heterocycles. The molecule has 1 aromatic rings. The van der Waals surface area contributed by atoms with Gasteiger partial charge in [0.1, 0.15) is 0 Å². The third-order valence-corrected chi connectivity index (χ3v) is 1.67. The first-order valence-corrected chi connectivity index (χ1v) is 3.66. The Hall–Kier alpha value is -1.22. The van der Waals surface area contributed by atoms with Crippen molar-refractivity contribution < 1.29 is 15.3 Å². The summed E-state index contributed by atoms with van der Waals surface area (Å²) >= 11 is 0. The Morgan fingerprint density at radius 1 is 1.17 bits per heavy atom. The molecule has 3 N–H and O–H groups in total. The van der Waals surface area contributed by atoms with E-state index in [0.717, 1.165) is 0 Å². The molecule has 0 heterocycles. The van der Waals surface area contributed by atoms with Gasteiger partial charge in [-0.1, -0.05) is 12.1 Å². The molecule has 0 unspecified atom stereocenters. The van der Waals surface area contributed by atoms with Crippen molar-refractivity contribution in [2.24, 2.45) is 0 Å². The Kier molecular flexibility index (Phi) is 1.98. The summed E-state index contributed by atoms with van der Waals surface area (Å²) in [4.78, 5) is 0. The zero-order valence-corrected chi connectivity index (χ0v) is 7.07. The Bertz CT molecular complexity index is 286. The predicted molar refractivity (Wildman–Crippen MR) is 45.0 cm³/mol. The van der Waals surface area contributed by atoms with Crippen molar-refractivity contribution in [2.45, 2.75) is 19.4 Å². The molecule has 0 aromatic heterocycles. The molecule has 0 aliphatic carbocycles. The maximum Gasteiger partial charge on any atom is 0.163 e. The summed E-state index contributed by atoms with van der Waals surface area (Å²) in [7, 11) is 0. The molecule has 0 spiro atoms. The molecule has 3 nitrogen and oxygen atoms in total. The van der Waals surface area contributed by atoms with Crippen molar-refractivity contribution in [3.8, 4) is 11.5 Å². The van der Waals surface area contributed by atoms with E-state index in [0.29, 0.717) is 5.56 Å². The summed E-state index contributed by atoms with van der Waals surface area (Å²) in [6.45, 7) is 3.09. The lowest BCUT2D eigenvalue weighted by atomic mass is 9.97. The van der Waals surface area contributed by atoms with Crippen LogP contribution in [0.25, 0.3) is 0 Å². The van der Waals surface area contributed by atoms with Gasteiger partial charge in [0.2, 0.25) is 0 Å². The molecule has 0 aliphatic rings. The summed E-state index contributed by atoms with van der Waals surface area (Å²) in [5.41, 5.74) is -0.814. The van der Waals surface area contributed by atoms with Gasteiger partial charge in [0.15, 0.2) is 11.5 Å². The summed E-state index contributed by atoms with van der Waals surface area (Å²) < 4.78 is 0. The lowest BCUT2D eigenvalue weighted by molar-refractivity contribution is 0.0753. The van der Waals surface area contributed by atoms with Gasteiger partial charge >= 0.3 is 0 Å². The van der Waals surface area contributed by atoms with Crippen LogP contribution in [0.4, 0.5) is 0 Å². The third-order valence-electron chi connectivity index (χ3n) is 1.67. The average molecular weight is 168 g/mol. The van der Waals surface area contributed by atoms with Gasteiger partial charge in [-0.05, 0) is 19.9 Å². The van der Waals surface area contributed by atoms with Crippen molar-refractivity contribution >= 4 is 0 Å². The second kappa shape index (κ2) is 2.68. The van der Waals surface area contributed by atoms with Crippen LogP contribution >= 0.6 is 0 Å². The minimum absolute atomic E-state index is 0.213. The van der Waals surface area contributed by atoms with Crippen LogP contribution in [0.15, 0.2) is 18.2 Å². The van der Waals surface area contributed by atoms with E-state index in [-0.39, 0.29) is 11.5 Å². The first kappa shape index (κ1) is 8.87. The molecular weight excluding hydrogens is 156 g/mol. The fourth-order valence-corrected chi connectivity index (χ4v) is 1.03. The van der Waals surface area contributed by atoms with Crippen molar-refractivity contribution in [3.05, 3.63) is 23.8 Å². The van der Waals surface area contributed by atoms with Crippen LogP contribution in [0, 0.1) is 0 Å². The summed E-state index contributed by atoms with van der Waals surface area (Å²) in [5, 5.41) is 27.9. The minimum atomic E-state index is -1.14. The Balaban J connectivity index is 3.26. The van der Waals surface area contributed by atoms with E-state index in [4.69, 9.17) is 5.11 Å². The Morgan fingerprint density at radius 2 is 1.75 bits per heavy atom. The fraction of sp³-hybridized carbons (Fsp3) is 0.333. The molecule has 66 valence electrons. The maximum absolute atomic E-state index is 9.52. The highest BCUT2D eigenvalue weighted by Gasteiger charge is 2.21. The van der Waals surface area contributed by atoms with Crippen molar-refractivity contribution in [1.29, 1.82) is 0 Å². The number of phenols is 2. The highest BCUT2D eigenvalue weighted by molar-refractivity contribution is 5.46. The number of para-hydroxylation sites is 1. The number of phenolic OH excluding ortho intramolecular Hbond substituents is 2. The normalized spacial score (nSPS) is 11.6. The van der Waals surface area contributed by atoms with Gasteiger partial charge < -0.3 is 15.3 Å². The van der Waals surface area contributed by atoms with E-state index in [1.807, 2.05) is 0 Å². The Labute approximate surface area is 70.9 Å². The maximum atomic E-state index is 9.52. The highest BCUT2D eigenvalue weighted by Crippen LogP contribution is 2.34. The van der Waals surface area contributed by atoms with Crippen molar-refractivity contribution in [1.82, 2.24) is 0 Å². The van der Waals surface area contributed by atoms with Crippen LogP contribution in [-0.4, -0.2) is 15.3 Å². The lowest BCUT2D eigenvalue weighted by Gasteiger charge is -2.19. The monoisotopic (exact) mass is 168 g/mol. The van der Waals surface area contributed by atoms with Crippen molar-refractivity contribution in [2.75, 3.05) is 0 Å².